The van der Waals surface area contributed by atoms with Crippen LogP contribution in [-0.2, 0) is 0 Å². The summed E-state index contributed by atoms with van der Waals surface area (Å²) >= 11 is 0. The third-order valence-corrected chi connectivity index (χ3v) is 4.88. The van der Waals surface area contributed by atoms with Crippen molar-refractivity contribution in [2.75, 3.05) is 0 Å². The zero-order valence-corrected chi connectivity index (χ0v) is 20.8. The third kappa shape index (κ3) is 7.48. The third-order valence-electron chi connectivity index (χ3n) is 4.88. The molecule has 3 nitrogen and oxygen atoms in total. The molecule has 3 heterocycles. The predicted octanol–water partition coefficient (Wildman–Crippen LogP) is 5.12. The fourth-order valence-corrected chi connectivity index (χ4v) is 3.34. The van der Waals surface area contributed by atoms with Gasteiger partial charge in [-0.1, -0.05) is 47.4 Å². The zero-order valence-electron chi connectivity index (χ0n) is 20.8. The molecule has 0 saturated heterocycles. The molecular weight excluding hydrogens is 450 g/mol. The molecule has 4 rings (SSSR count). The number of benzene rings is 1. The molecule has 3 heteroatoms. The molecule has 0 spiro atoms. The number of aryl methyl sites for hydroxylation is 1. The van der Waals surface area contributed by atoms with Gasteiger partial charge in [-0.25, -0.2) is 0 Å². The van der Waals surface area contributed by atoms with Crippen LogP contribution in [0.25, 0.3) is 0 Å². The van der Waals surface area contributed by atoms with Crippen molar-refractivity contribution in [3.63, 3.8) is 0 Å². The molecule has 3 aromatic heterocycles. The molecule has 0 aliphatic rings. The van der Waals surface area contributed by atoms with E-state index in [1.807, 2.05) is 43.3 Å². The Morgan fingerprint density at radius 3 is 1.05 bits per heavy atom. The maximum absolute atomic E-state index is 4.23. The van der Waals surface area contributed by atoms with E-state index in [2.05, 4.69) is 74.2 Å². The van der Waals surface area contributed by atoms with Crippen LogP contribution in [0, 0.1) is 66.1 Å². The molecule has 0 atom stereocenters. The maximum Gasteiger partial charge on any atom is 0.0444 e. The van der Waals surface area contributed by atoms with E-state index in [1.54, 1.807) is 51.0 Å². The van der Waals surface area contributed by atoms with E-state index in [0.717, 1.165) is 50.1 Å². The SMILES string of the molecule is CC#Cc1cncc(C#Cc2cc(C#Cc3cncc(C)c3)cc(C#Cc3cncc(C#CC)c3)c2)c1. The summed E-state index contributed by atoms with van der Waals surface area (Å²) in [7, 11) is 0. The number of hydrogen-bond donors (Lipinski definition) is 0. The van der Waals surface area contributed by atoms with Gasteiger partial charge < -0.3 is 0 Å². The molecule has 0 fully saturated rings. The number of rotatable bonds is 0. The molecule has 1 aromatic carbocycles. The highest BCUT2D eigenvalue weighted by atomic mass is 14.6. The van der Waals surface area contributed by atoms with Crippen LogP contribution in [-0.4, -0.2) is 15.0 Å². The first kappa shape index (κ1) is 24.6. The van der Waals surface area contributed by atoms with Crippen molar-refractivity contribution >= 4 is 0 Å². The van der Waals surface area contributed by atoms with Crippen LogP contribution in [0.4, 0.5) is 0 Å². The fraction of sp³-hybridized carbons (Fsp3) is 0.0882. The van der Waals surface area contributed by atoms with Gasteiger partial charge in [0.1, 0.15) is 0 Å². The van der Waals surface area contributed by atoms with Crippen LogP contribution in [0.5, 0.6) is 0 Å². The summed E-state index contributed by atoms with van der Waals surface area (Å²) in [6, 6.07) is 11.7. The van der Waals surface area contributed by atoms with Crippen LogP contribution < -0.4 is 0 Å². The van der Waals surface area contributed by atoms with Gasteiger partial charge in [-0.05, 0) is 62.7 Å². The largest absolute Gasteiger partial charge is 0.263 e. The van der Waals surface area contributed by atoms with Crippen LogP contribution >= 0.6 is 0 Å². The lowest BCUT2D eigenvalue weighted by Gasteiger charge is -1.98. The van der Waals surface area contributed by atoms with Crippen molar-refractivity contribution in [2.24, 2.45) is 0 Å². The lowest BCUT2D eigenvalue weighted by atomic mass is 10.0. The molecule has 0 saturated carbocycles. The van der Waals surface area contributed by atoms with Gasteiger partial charge in [-0.3, -0.25) is 15.0 Å². The second-order valence-corrected chi connectivity index (χ2v) is 7.97. The van der Waals surface area contributed by atoms with E-state index in [9.17, 15) is 0 Å². The molecule has 0 amide bonds. The van der Waals surface area contributed by atoms with E-state index in [0.29, 0.717) is 0 Å². The molecule has 0 N–H and O–H groups in total. The standard InChI is InChI=1S/C34H21N3/c1-4-6-30-18-33(24-36-21-30)12-9-28-15-27(8-11-32-14-26(3)20-35-23-32)16-29(17-28)10-13-34-19-31(7-5-2)22-37-25-34/h14-25H,1-3H3. The van der Waals surface area contributed by atoms with Crippen molar-refractivity contribution in [3.8, 4) is 59.2 Å². The van der Waals surface area contributed by atoms with E-state index < -0.39 is 0 Å². The summed E-state index contributed by atoms with van der Waals surface area (Å²) in [5.41, 5.74) is 7.56. The number of hydrogen-bond acceptors (Lipinski definition) is 3. The van der Waals surface area contributed by atoms with Gasteiger partial charge in [0.05, 0.1) is 0 Å². The summed E-state index contributed by atoms with van der Waals surface area (Å²) in [6.07, 6.45) is 10.5. The Morgan fingerprint density at radius 1 is 0.378 bits per heavy atom. The Kier molecular flexibility index (Phi) is 8.14. The summed E-state index contributed by atoms with van der Waals surface area (Å²) in [5.74, 6) is 31.0. The zero-order chi connectivity index (χ0) is 25.9. The smallest absolute Gasteiger partial charge is 0.0444 e. The van der Waals surface area contributed by atoms with Gasteiger partial charge in [0.25, 0.3) is 0 Å². The minimum Gasteiger partial charge on any atom is -0.263 e. The van der Waals surface area contributed by atoms with Crippen LogP contribution in [0.15, 0.2) is 73.6 Å². The van der Waals surface area contributed by atoms with Crippen LogP contribution in [0.2, 0.25) is 0 Å². The lowest BCUT2D eigenvalue weighted by Crippen LogP contribution is -1.87. The van der Waals surface area contributed by atoms with Crippen molar-refractivity contribution in [1.82, 2.24) is 15.0 Å². The number of nitrogens with zero attached hydrogens (tertiary/aromatic N) is 3. The highest BCUT2D eigenvalue weighted by molar-refractivity contribution is 5.55. The minimum atomic E-state index is 0.787. The van der Waals surface area contributed by atoms with E-state index in [4.69, 9.17) is 0 Å². The van der Waals surface area contributed by atoms with Gasteiger partial charge in [0.2, 0.25) is 0 Å². The molecule has 0 aliphatic carbocycles. The highest BCUT2D eigenvalue weighted by Gasteiger charge is 1.99. The van der Waals surface area contributed by atoms with Gasteiger partial charge in [-0.15, -0.1) is 11.8 Å². The van der Waals surface area contributed by atoms with Crippen LogP contribution in [0.3, 0.4) is 0 Å². The van der Waals surface area contributed by atoms with Crippen LogP contribution in [0.1, 0.15) is 63.9 Å². The molecule has 4 aromatic rings. The summed E-state index contributed by atoms with van der Waals surface area (Å²) in [5, 5.41) is 0. The lowest BCUT2D eigenvalue weighted by molar-refractivity contribution is 1.26. The van der Waals surface area contributed by atoms with Gasteiger partial charge in [0, 0.05) is 81.7 Å². The van der Waals surface area contributed by atoms with Crippen molar-refractivity contribution in [2.45, 2.75) is 20.8 Å². The second kappa shape index (κ2) is 12.3. The summed E-state index contributed by atoms with van der Waals surface area (Å²) in [6.45, 7) is 5.58. The Morgan fingerprint density at radius 2 is 0.676 bits per heavy atom. The minimum absolute atomic E-state index is 0.787. The second-order valence-electron chi connectivity index (χ2n) is 7.97. The Labute approximate surface area is 218 Å². The topological polar surface area (TPSA) is 38.7 Å². The van der Waals surface area contributed by atoms with Gasteiger partial charge in [-0.2, -0.15) is 0 Å². The highest BCUT2D eigenvalue weighted by Crippen LogP contribution is 2.11. The first-order chi connectivity index (χ1) is 18.1. The molecule has 37 heavy (non-hydrogen) atoms. The number of aromatic nitrogens is 3. The molecule has 172 valence electrons. The molecule has 0 aliphatic heterocycles. The van der Waals surface area contributed by atoms with E-state index in [-0.39, 0.29) is 0 Å². The first-order valence-electron chi connectivity index (χ1n) is 11.5. The average Bonchev–Trinajstić information content (AvgIpc) is 2.91. The molecule has 0 unspecified atom stereocenters. The van der Waals surface area contributed by atoms with Crippen molar-refractivity contribution in [3.05, 3.63) is 124 Å². The van der Waals surface area contributed by atoms with Gasteiger partial charge in [0.15, 0.2) is 0 Å². The average molecular weight is 472 g/mol. The Balaban J connectivity index is 1.73. The monoisotopic (exact) mass is 471 g/mol. The first-order valence-corrected chi connectivity index (χ1v) is 11.5. The fourth-order valence-electron chi connectivity index (χ4n) is 3.34. The van der Waals surface area contributed by atoms with Crippen molar-refractivity contribution in [1.29, 1.82) is 0 Å². The summed E-state index contributed by atoms with van der Waals surface area (Å²) in [4.78, 5) is 12.7. The van der Waals surface area contributed by atoms with Crippen molar-refractivity contribution < 1.29 is 0 Å². The van der Waals surface area contributed by atoms with E-state index >= 15 is 0 Å². The molecule has 0 bridgehead atoms. The quantitative estimate of drug-likeness (QED) is 0.334. The molecule has 0 radical (unpaired) electrons. The Hall–Kier alpha value is -5.53. The number of pyridine rings is 3. The summed E-state index contributed by atoms with van der Waals surface area (Å²) < 4.78 is 0. The van der Waals surface area contributed by atoms with Gasteiger partial charge >= 0.3 is 0 Å². The predicted molar refractivity (Wildman–Crippen MR) is 147 cm³/mol. The Bertz CT molecular complexity index is 1690. The normalized spacial score (nSPS) is 8.95. The maximum atomic E-state index is 4.23. The van der Waals surface area contributed by atoms with E-state index in [1.165, 1.54) is 0 Å². The molecular formula is C34H21N3.